The van der Waals surface area contributed by atoms with E-state index in [9.17, 15) is 23.3 Å². The number of rotatable bonds is 6. The first-order valence-electron chi connectivity index (χ1n) is 9.97. The summed E-state index contributed by atoms with van der Waals surface area (Å²) in [7, 11) is -3.28. The fourth-order valence-corrected chi connectivity index (χ4v) is 3.98. The molecule has 0 heterocycles. The van der Waals surface area contributed by atoms with E-state index in [2.05, 4.69) is 15.2 Å². The molecule has 0 saturated heterocycles. The number of hydrogen-bond donors (Lipinski definition) is 3. The summed E-state index contributed by atoms with van der Waals surface area (Å²) >= 11 is 0. The van der Waals surface area contributed by atoms with Crippen LogP contribution >= 0.6 is 0 Å². The van der Waals surface area contributed by atoms with Gasteiger partial charge in [-0.15, -0.1) is 10.2 Å². The number of hydrogen-bond acceptors (Lipinski definition) is 9. The number of allylic oxidation sites excluding steroid dienone is 6. The number of ketones is 1. The number of anilines is 1. The number of methoxy groups -OCH3 is 1. The van der Waals surface area contributed by atoms with Crippen molar-refractivity contribution in [3.05, 3.63) is 99.8 Å². The van der Waals surface area contributed by atoms with Gasteiger partial charge in [0.1, 0.15) is 11.4 Å². The first kappa shape index (κ1) is 27.5. The van der Waals surface area contributed by atoms with Crippen LogP contribution in [0.1, 0.15) is 0 Å². The maximum atomic E-state index is 13.3. The number of carbonyl (C=O) groups is 1. The van der Waals surface area contributed by atoms with E-state index in [4.69, 9.17) is 9.94 Å². The quantitative estimate of drug-likeness (QED) is 0.226. The molecule has 0 atom stereocenters. The van der Waals surface area contributed by atoms with Gasteiger partial charge in [-0.2, -0.15) is 9.11 Å². The summed E-state index contributed by atoms with van der Waals surface area (Å²) in [5.74, 6) is -0.628. The number of para-hydroxylation sites is 1. The van der Waals surface area contributed by atoms with Crippen molar-refractivity contribution in [2.24, 2.45) is 15.2 Å². The average molecular weight is 517 g/mol. The number of nitrogens with zero attached hydrogens (tertiary/aromatic N) is 4. The predicted octanol–water partition coefficient (Wildman–Crippen LogP) is 1.91. The van der Waals surface area contributed by atoms with Gasteiger partial charge in [0, 0.05) is 11.6 Å². The Bertz CT molecular complexity index is 1420. The molecule has 0 amide bonds. The van der Waals surface area contributed by atoms with Gasteiger partial charge in [-0.3, -0.25) is 10.0 Å². The Hall–Kier alpha value is -3.07. The van der Waals surface area contributed by atoms with Crippen LogP contribution in [-0.2, 0) is 19.5 Å². The van der Waals surface area contributed by atoms with E-state index in [1.54, 1.807) is 18.2 Å². The van der Waals surface area contributed by atoms with E-state index in [0.29, 0.717) is 11.4 Å². The summed E-state index contributed by atoms with van der Waals surface area (Å²) in [5.41, 5.74) is 0.700. The largest absolute Gasteiger partial charge is 1.00 e. The topological polar surface area (TPSA) is 167 Å². The molecule has 2 aliphatic carbocycles. The molecule has 2 aromatic rings. The molecule has 11 nitrogen and oxygen atoms in total. The van der Waals surface area contributed by atoms with Crippen LogP contribution < -0.4 is 39.5 Å². The van der Waals surface area contributed by atoms with Crippen molar-refractivity contribution in [3.8, 4) is 5.75 Å². The Morgan fingerprint density at radius 2 is 1.75 bits per heavy atom. The third-order valence-corrected chi connectivity index (χ3v) is 5.84. The number of ether oxygens (including phenoxy) is 1. The molecule has 36 heavy (non-hydrogen) atoms. The van der Waals surface area contributed by atoms with Crippen molar-refractivity contribution in [2.75, 3.05) is 12.3 Å². The molecule has 0 aromatic heterocycles. The monoisotopic (exact) mass is 517 g/mol. The number of fused-ring (bicyclic) bond motifs is 1. The van der Waals surface area contributed by atoms with E-state index in [0.717, 1.165) is 6.07 Å². The van der Waals surface area contributed by atoms with E-state index in [1.165, 1.54) is 37.5 Å². The zero-order valence-electron chi connectivity index (χ0n) is 19.1. The Balaban J connectivity index is 0.00000361. The van der Waals surface area contributed by atoms with Gasteiger partial charge in [0.05, 0.1) is 24.2 Å². The Morgan fingerprint density at radius 3 is 2.39 bits per heavy atom. The maximum Gasteiger partial charge on any atom is 1.00 e. The molecule has 0 fully saturated rings. The van der Waals surface area contributed by atoms with Crippen molar-refractivity contribution in [1.82, 2.24) is 0 Å². The number of Topliss-reactive ketones (excluding diaryl/α,β-unsaturated/α-hetero) is 1. The van der Waals surface area contributed by atoms with Crippen molar-refractivity contribution in [1.29, 1.82) is 0 Å². The molecular formula is C23H18N4NaO7S+. The van der Waals surface area contributed by atoms with Gasteiger partial charge < -0.3 is 15.2 Å². The first-order chi connectivity index (χ1) is 16.7. The van der Waals surface area contributed by atoms with Crippen LogP contribution in [-0.4, -0.2) is 32.9 Å². The maximum absolute atomic E-state index is 13.3. The summed E-state index contributed by atoms with van der Waals surface area (Å²) in [5, 5.41) is 27.7. The fourth-order valence-electron chi connectivity index (χ4n) is 3.31. The van der Waals surface area contributed by atoms with Crippen LogP contribution in [0.4, 0.5) is 17.1 Å². The molecule has 2 aromatic carbocycles. The summed E-state index contributed by atoms with van der Waals surface area (Å²) < 4.78 is 36.9. The zero-order valence-corrected chi connectivity index (χ0v) is 21.9. The van der Waals surface area contributed by atoms with Crippen molar-refractivity contribution < 1.29 is 57.6 Å². The molecule has 0 unspecified atom stereocenters. The Kier molecular flexibility index (Phi) is 8.66. The third kappa shape index (κ3) is 6.00. The average Bonchev–Trinajstić information content (AvgIpc) is 2.83. The van der Waals surface area contributed by atoms with Crippen molar-refractivity contribution in [3.63, 3.8) is 0 Å². The second kappa shape index (κ2) is 11.3. The molecule has 2 aliphatic rings. The molecule has 0 radical (unpaired) electrons. The van der Waals surface area contributed by atoms with E-state index < -0.39 is 32.1 Å². The Morgan fingerprint density at radius 1 is 1.03 bits per heavy atom. The van der Waals surface area contributed by atoms with Crippen molar-refractivity contribution >= 4 is 39.1 Å². The number of azo groups is 1. The fraction of sp³-hybridized carbons (Fsp3) is 0.0435. The summed E-state index contributed by atoms with van der Waals surface area (Å²) in [6.45, 7) is 0. The number of aliphatic imine (C=N–C) groups is 1. The van der Waals surface area contributed by atoms with Crippen molar-refractivity contribution in [2.45, 2.75) is 0 Å². The molecular weight excluding hydrogens is 499 g/mol. The van der Waals surface area contributed by atoms with Gasteiger partial charge in [0.25, 0.3) is 4.91 Å². The summed E-state index contributed by atoms with van der Waals surface area (Å²) in [4.78, 5) is 17.1. The summed E-state index contributed by atoms with van der Waals surface area (Å²) in [6.07, 6.45) is 5.81. The van der Waals surface area contributed by atoms with Gasteiger partial charge in [-0.25, -0.2) is 4.99 Å². The van der Waals surface area contributed by atoms with Gasteiger partial charge in [0.15, 0.2) is 5.70 Å². The minimum atomic E-state index is -4.60. The number of benzene rings is 2. The minimum Gasteiger partial charge on any atom is -0.733 e. The summed E-state index contributed by atoms with van der Waals surface area (Å²) in [6, 6.07) is 12.8. The molecule has 0 bridgehead atoms. The number of carbonyl (C=O) groups excluding carboxylic acids is 1. The van der Waals surface area contributed by atoms with Crippen LogP contribution in [0.25, 0.3) is 0 Å². The molecule has 13 heteroatoms. The standard InChI is InChI=1S/C23H18N4O7S.Na/c1-34-20-10-9-17(27(29)30)13-19(20)25-26-22-21(35(31,32)33)11-14-7-8-16(12-18(14)23(22)28)24-15-5-3-2-4-6-15;/h2-13,29H,1H3,(H2,31,32,33);/q;+1. The molecule has 4 rings (SSSR count). The van der Waals surface area contributed by atoms with Gasteiger partial charge >= 0.3 is 40.1 Å². The molecule has 0 aliphatic heterocycles. The van der Waals surface area contributed by atoms with Crippen LogP contribution in [0, 0.1) is 5.21 Å². The third-order valence-electron chi connectivity index (χ3n) is 4.96. The molecule has 0 saturated carbocycles. The van der Waals surface area contributed by atoms with E-state index in [-0.39, 0.29) is 57.8 Å². The van der Waals surface area contributed by atoms with E-state index in [1.807, 2.05) is 18.2 Å². The smallest absolute Gasteiger partial charge is 0.733 e. The normalized spacial score (nSPS) is 16.5. The first-order valence-corrected chi connectivity index (χ1v) is 11.4. The van der Waals surface area contributed by atoms with Crippen LogP contribution in [0.15, 0.2) is 110 Å². The molecule has 0 spiro atoms. The zero-order chi connectivity index (χ0) is 25.2. The van der Waals surface area contributed by atoms with Crippen LogP contribution in [0.2, 0.25) is 0 Å². The molecule has 3 N–H and O–H groups in total. The second-order valence-electron chi connectivity index (χ2n) is 7.23. The van der Waals surface area contributed by atoms with Gasteiger partial charge in [-0.05, 0) is 52.3 Å². The van der Waals surface area contributed by atoms with E-state index >= 15 is 0 Å². The van der Waals surface area contributed by atoms with Crippen LogP contribution in [0.5, 0.6) is 5.75 Å². The Labute approximate surface area is 228 Å². The molecule has 178 valence electrons. The van der Waals surface area contributed by atoms with Gasteiger partial charge in [0.2, 0.25) is 5.78 Å². The van der Waals surface area contributed by atoms with Crippen LogP contribution in [0.3, 0.4) is 0 Å². The predicted molar refractivity (Wildman–Crippen MR) is 129 cm³/mol. The second-order valence-corrected chi connectivity index (χ2v) is 8.66. The minimum absolute atomic E-state index is 0. The SMILES string of the molecule is COc1ccc(N([O-])O)cc1N=NC1=C([S+](=O)(O)O)C=C2C=CC(=Nc3ccccc3)C=C2C1=O.[Na+]. The van der Waals surface area contributed by atoms with Gasteiger partial charge in [-0.1, -0.05) is 24.3 Å².